The first-order chi connectivity index (χ1) is 11.5. The summed E-state index contributed by atoms with van der Waals surface area (Å²) in [6.45, 7) is 0.992. The van der Waals surface area contributed by atoms with Gasteiger partial charge in [-0.25, -0.2) is 8.78 Å². The topological polar surface area (TPSA) is 52.7 Å². The van der Waals surface area contributed by atoms with Gasteiger partial charge in [0.1, 0.15) is 12.0 Å². The molecule has 2 aliphatic heterocycles. The minimum absolute atomic E-state index is 0.0296. The summed E-state index contributed by atoms with van der Waals surface area (Å²) in [6, 6.07) is 3.81. The van der Waals surface area contributed by atoms with Crippen LogP contribution in [0.25, 0.3) is 0 Å². The minimum Gasteiger partial charge on any atom is -0.331 e. The third kappa shape index (κ3) is 3.13. The molecule has 2 heterocycles. The maximum Gasteiger partial charge on any atom is 0.257 e. The second kappa shape index (κ2) is 6.84. The highest BCUT2D eigenvalue weighted by Crippen LogP contribution is 2.27. The Morgan fingerprint density at radius 2 is 2.21 bits per heavy atom. The third-order valence-electron chi connectivity index (χ3n) is 4.63. The molecule has 0 aromatic heterocycles. The normalized spacial score (nSPS) is 24.0. The van der Waals surface area contributed by atoms with Crippen molar-refractivity contribution < 1.29 is 18.4 Å². The number of benzene rings is 1. The fraction of sp³-hybridized carbons (Fsp3) is 0.529. The lowest BCUT2D eigenvalue weighted by Crippen LogP contribution is -2.41. The van der Waals surface area contributed by atoms with Crippen LogP contribution in [0.1, 0.15) is 29.6 Å². The molecule has 2 aliphatic rings. The van der Waals surface area contributed by atoms with Gasteiger partial charge in [0.05, 0.1) is 12.1 Å². The molecule has 0 saturated carbocycles. The number of hydrogen-bond donors (Lipinski definition) is 1. The lowest BCUT2D eigenvalue weighted by molar-refractivity contribution is -0.117. The lowest BCUT2D eigenvalue weighted by Gasteiger charge is -2.25. The van der Waals surface area contributed by atoms with Crippen LogP contribution in [-0.2, 0) is 4.79 Å². The first kappa shape index (κ1) is 16.8. The maximum atomic E-state index is 14.2. The number of likely N-dealkylation sites (tertiary alicyclic amines) is 1. The predicted molar refractivity (Wildman–Crippen MR) is 86.3 cm³/mol. The zero-order valence-electron chi connectivity index (χ0n) is 13.6. The average molecular weight is 337 g/mol. The molecular formula is C17H21F2N3O2. The minimum atomic E-state index is -1.10. The number of hydrogen-bond acceptors (Lipinski definition) is 3. The summed E-state index contributed by atoms with van der Waals surface area (Å²) >= 11 is 0. The highest BCUT2D eigenvalue weighted by Gasteiger charge is 2.36. The Hall–Kier alpha value is -2.02. The maximum absolute atomic E-state index is 14.2. The zero-order valence-corrected chi connectivity index (χ0v) is 13.6. The summed E-state index contributed by atoms with van der Waals surface area (Å²) in [5.41, 5.74) is 0.408. The molecule has 2 amide bonds. The molecule has 2 fully saturated rings. The van der Waals surface area contributed by atoms with Gasteiger partial charge in [0.25, 0.3) is 5.91 Å². The van der Waals surface area contributed by atoms with Crippen LogP contribution < -0.4 is 10.2 Å². The smallest absolute Gasteiger partial charge is 0.257 e. The number of rotatable bonds is 4. The summed E-state index contributed by atoms with van der Waals surface area (Å²) in [6.07, 6.45) is 0.358. The molecule has 2 atom stereocenters. The van der Waals surface area contributed by atoms with Crippen molar-refractivity contribution in [1.29, 1.82) is 0 Å². The highest BCUT2D eigenvalue weighted by atomic mass is 19.1. The number of nitrogens with zero attached hydrogens (tertiary/aromatic N) is 2. The molecule has 0 spiro atoms. The van der Waals surface area contributed by atoms with Crippen molar-refractivity contribution >= 4 is 17.5 Å². The van der Waals surface area contributed by atoms with E-state index in [9.17, 15) is 18.4 Å². The van der Waals surface area contributed by atoms with Gasteiger partial charge in [-0.05, 0) is 31.7 Å². The Labute approximate surface area is 139 Å². The van der Waals surface area contributed by atoms with E-state index in [4.69, 9.17) is 0 Å². The van der Waals surface area contributed by atoms with Crippen LogP contribution in [-0.4, -0.2) is 55.6 Å². The second-order valence-electron chi connectivity index (χ2n) is 6.32. The van der Waals surface area contributed by atoms with Crippen molar-refractivity contribution in [2.24, 2.45) is 0 Å². The SMILES string of the molecule is CNC[C@@H]1C[C@H](F)CN1C(=O)c1cc(N2CCCC2=O)ccc1F. The van der Waals surface area contributed by atoms with Gasteiger partial charge in [0.15, 0.2) is 0 Å². The lowest BCUT2D eigenvalue weighted by atomic mass is 10.1. The van der Waals surface area contributed by atoms with E-state index in [2.05, 4.69) is 5.32 Å². The van der Waals surface area contributed by atoms with Crippen molar-refractivity contribution in [3.05, 3.63) is 29.6 Å². The summed E-state index contributed by atoms with van der Waals surface area (Å²) in [5.74, 6) is -1.21. The van der Waals surface area contributed by atoms with E-state index in [1.165, 1.54) is 23.1 Å². The van der Waals surface area contributed by atoms with Crippen molar-refractivity contribution in [3.8, 4) is 0 Å². The van der Waals surface area contributed by atoms with Gasteiger partial charge in [-0.3, -0.25) is 9.59 Å². The van der Waals surface area contributed by atoms with E-state index in [0.717, 1.165) is 6.42 Å². The van der Waals surface area contributed by atoms with Gasteiger partial charge in [-0.1, -0.05) is 0 Å². The van der Waals surface area contributed by atoms with E-state index < -0.39 is 17.9 Å². The van der Waals surface area contributed by atoms with Gasteiger partial charge in [0, 0.05) is 37.7 Å². The molecule has 2 saturated heterocycles. The average Bonchev–Trinajstić information content (AvgIpc) is 3.13. The van der Waals surface area contributed by atoms with Crippen molar-refractivity contribution in [1.82, 2.24) is 10.2 Å². The number of nitrogens with one attached hydrogen (secondary N) is 1. The fourth-order valence-electron chi connectivity index (χ4n) is 3.46. The molecule has 5 nitrogen and oxygen atoms in total. The number of alkyl halides is 1. The van der Waals surface area contributed by atoms with Crippen LogP contribution in [0.3, 0.4) is 0 Å². The van der Waals surface area contributed by atoms with Gasteiger partial charge < -0.3 is 15.1 Å². The Kier molecular flexibility index (Phi) is 4.80. The number of likely N-dealkylation sites (N-methyl/N-ethyl adjacent to an activating group) is 1. The number of halogens is 2. The van der Waals surface area contributed by atoms with Crippen LogP contribution in [0.4, 0.5) is 14.5 Å². The van der Waals surface area contributed by atoms with E-state index >= 15 is 0 Å². The molecule has 0 aliphatic carbocycles. The first-order valence-corrected chi connectivity index (χ1v) is 8.21. The molecular weight excluding hydrogens is 316 g/mol. The van der Waals surface area contributed by atoms with Gasteiger partial charge in [0.2, 0.25) is 5.91 Å². The van der Waals surface area contributed by atoms with E-state index in [1.54, 1.807) is 11.9 Å². The largest absolute Gasteiger partial charge is 0.331 e. The molecule has 0 unspecified atom stereocenters. The third-order valence-corrected chi connectivity index (χ3v) is 4.63. The summed E-state index contributed by atoms with van der Waals surface area (Å²) < 4.78 is 27.9. The van der Waals surface area contributed by atoms with Crippen LogP contribution in [0.2, 0.25) is 0 Å². The fourth-order valence-corrected chi connectivity index (χ4v) is 3.46. The quantitative estimate of drug-likeness (QED) is 0.910. The molecule has 1 aromatic rings. The van der Waals surface area contributed by atoms with E-state index in [0.29, 0.717) is 25.2 Å². The van der Waals surface area contributed by atoms with Crippen LogP contribution in [0, 0.1) is 5.82 Å². The van der Waals surface area contributed by atoms with Gasteiger partial charge >= 0.3 is 0 Å². The first-order valence-electron chi connectivity index (χ1n) is 8.21. The van der Waals surface area contributed by atoms with Gasteiger partial charge in [-0.15, -0.1) is 0 Å². The second-order valence-corrected chi connectivity index (χ2v) is 6.32. The number of carbonyl (C=O) groups excluding carboxylic acids is 2. The van der Waals surface area contributed by atoms with Crippen molar-refractivity contribution in [2.45, 2.75) is 31.5 Å². The molecule has 24 heavy (non-hydrogen) atoms. The van der Waals surface area contributed by atoms with Gasteiger partial charge in [-0.2, -0.15) is 0 Å². The number of amides is 2. The highest BCUT2D eigenvalue weighted by molar-refractivity contribution is 5.99. The number of anilines is 1. The molecule has 1 N–H and O–H groups in total. The van der Waals surface area contributed by atoms with Crippen LogP contribution in [0.15, 0.2) is 18.2 Å². The molecule has 0 radical (unpaired) electrons. The molecule has 3 rings (SSSR count). The summed E-state index contributed by atoms with van der Waals surface area (Å²) in [4.78, 5) is 27.5. The standard InChI is InChI=1S/C17H21F2N3O2/c1-20-9-13-7-11(18)10-22(13)17(24)14-8-12(4-5-15(14)19)21-6-2-3-16(21)23/h4-5,8,11,13,20H,2-3,6-7,9-10H2,1H3/t11-,13-/m0/s1. The van der Waals surface area contributed by atoms with E-state index in [-0.39, 0.29) is 30.5 Å². The summed E-state index contributed by atoms with van der Waals surface area (Å²) in [5, 5.41) is 2.94. The Balaban J connectivity index is 1.87. The zero-order chi connectivity index (χ0) is 17.3. The molecule has 0 bridgehead atoms. The van der Waals surface area contributed by atoms with Crippen LogP contribution in [0.5, 0.6) is 0 Å². The van der Waals surface area contributed by atoms with Crippen molar-refractivity contribution in [3.63, 3.8) is 0 Å². The Morgan fingerprint density at radius 1 is 1.42 bits per heavy atom. The van der Waals surface area contributed by atoms with E-state index in [1.807, 2.05) is 0 Å². The predicted octanol–water partition coefficient (Wildman–Crippen LogP) is 1.72. The monoisotopic (exact) mass is 337 g/mol. The Bertz CT molecular complexity index is 653. The van der Waals surface area contributed by atoms with Crippen LogP contribution >= 0.6 is 0 Å². The molecule has 1 aromatic carbocycles. The molecule has 7 heteroatoms. The Morgan fingerprint density at radius 3 is 2.88 bits per heavy atom. The summed E-state index contributed by atoms with van der Waals surface area (Å²) in [7, 11) is 1.73. The van der Waals surface area contributed by atoms with Crippen molar-refractivity contribution in [2.75, 3.05) is 31.6 Å². The number of carbonyl (C=O) groups is 2. The molecule has 130 valence electrons.